The molecule has 0 amide bonds. The van der Waals surface area contributed by atoms with E-state index in [0.29, 0.717) is 11.5 Å². The van der Waals surface area contributed by atoms with Gasteiger partial charge in [-0.05, 0) is 49.7 Å². The minimum Gasteiger partial charge on any atom is -0.478 e. The Morgan fingerprint density at radius 1 is 1.21 bits per heavy atom. The number of carbonyl (C=O) groups is 1. The van der Waals surface area contributed by atoms with Gasteiger partial charge in [-0.1, -0.05) is 15.9 Å². The predicted octanol–water partition coefficient (Wildman–Crippen LogP) is 3.90. The van der Waals surface area contributed by atoms with Gasteiger partial charge in [0.1, 0.15) is 5.82 Å². The third-order valence-electron chi connectivity index (χ3n) is 2.51. The second-order valence-corrected chi connectivity index (χ2v) is 5.25. The van der Waals surface area contributed by atoms with Gasteiger partial charge in [0.15, 0.2) is 0 Å². The highest BCUT2D eigenvalue weighted by molar-refractivity contribution is 9.10. The second-order valence-electron chi connectivity index (χ2n) is 4.33. The molecule has 0 aliphatic carbocycles. The third kappa shape index (κ3) is 3.54. The molecule has 0 saturated carbocycles. The Labute approximate surface area is 119 Å². The van der Waals surface area contributed by atoms with Crippen molar-refractivity contribution in [2.75, 3.05) is 5.32 Å². The Hall–Kier alpha value is -1.88. The number of nitrogens with zero attached hydrogens (tertiary/aromatic N) is 1. The molecule has 0 spiro atoms. The summed E-state index contributed by atoms with van der Waals surface area (Å²) in [6.45, 7) is 3.76. The summed E-state index contributed by atoms with van der Waals surface area (Å²) in [4.78, 5) is 15.3. The van der Waals surface area contributed by atoms with Crippen LogP contribution in [0.25, 0.3) is 0 Å². The highest BCUT2D eigenvalue weighted by atomic mass is 79.9. The first-order valence-corrected chi connectivity index (χ1v) is 6.49. The number of benzene rings is 1. The summed E-state index contributed by atoms with van der Waals surface area (Å²) >= 11 is 3.42. The topological polar surface area (TPSA) is 62.2 Å². The molecule has 19 heavy (non-hydrogen) atoms. The number of nitrogens with one attached hydrogen (secondary N) is 1. The number of aromatic carboxylic acids is 1. The average Bonchev–Trinajstić information content (AvgIpc) is 2.26. The van der Waals surface area contributed by atoms with E-state index in [4.69, 9.17) is 5.11 Å². The molecule has 2 aromatic rings. The smallest absolute Gasteiger partial charge is 0.335 e. The molecule has 0 aliphatic heterocycles. The number of hydrogen-bond acceptors (Lipinski definition) is 3. The summed E-state index contributed by atoms with van der Waals surface area (Å²) in [5.74, 6) is -0.436. The van der Waals surface area contributed by atoms with E-state index in [9.17, 15) is 4.79 Å². The molecule has 4 nitrogen and oxygen atoms in total. The summed E-state index contributed by atoms with van der Waals surface area (Å²) in [5, 5.41) is 12.1. The molecule has 2 rings (SSSR count). The number of aryl methyl sites for hydroxylation is 2. The van der Waals surface area contributed by atoms with Crippen LogP contribution in [0.1, 0.15) is 21.6 Å². The summed E-state index contributed by atoms with van der Waals surface area (Å²) < 4.78 is 0.959. The van der Waals surface area contributed by atoms with Crippen molar-refractivity contribution in [3.63, 3.8) is 0 Å². The van der Waals surface area contributed by atoms with E-state index in [1.807, 2.05) is 25.1 Å². The van der Waals surface area contributed by atoms with Crippen molar-refractivity contribution >= 4 is 33.4 Å². The van der Waals surface area contributed by atoms with Crippen molar-refractivity contribution in [3.8, 4) is 0 Å². The van der Waals surface area contributed by atoms with E-state index in [2.05, 4.69) is 26.2 Å². The Bertz CT molecular complexity index is 621. The lowest BCUT2D eigenvalue weighted by Crippen LogP contribution is -2.02. The van der Waals surface area contributed by atoms with Gasteiger partial charge in [-0.25, -0.2) is 9.78 Å². The number of hydrogen-bond donors (Lipinski definition) is 2. The van der Waals surface area contributed by atoms with Crippen molar-refractivity contribution < 1.29 is 9.90 Å². The highest BCUT2D eigenvalue weighted by Crippen LogP contribution is 2.22. The van der Waals surface area contributed by atoms with Crippen molar-refractivity contribution in [2.45, 2.75) is 13.8 Å². The fourth-order valence-electron chi connectivity index (χ4n) is 1.81. The maximum Gasteiger partial charge on any atom is 0.335 e. The Kier molecular flexibility index (Phi) is 3.85. The summed E-state index contributed by atoms with van der Waals surface area (Å²) in [7, 11) is 0. The van der Waals surface area contributed by atoms with Crippen molar-refractivity contribution in [1.82, 2.24) is 4.98 Å². The largest absolute Gasteiger partial charge is 0.478 e. The van der Waals surface area contributed by atoms with E-state index in [-0.39, 0.29) is 5.56 Å². The van der Waals surface area contributed by atoms with E-state index < -0.39 is 5.97 Å². The fraction of sp³-hybridized carbons (Fsp3) is 0.143. The Morgan fingerprint density at radius 2 is 1.95 bits per heavy atom. The van der Waals surface area contributed by atoms with Crippen LogP contribution in [0, 0.1) is 13.8 Å². The molecule has 0 bridgehead atoms. The lowest BCUT2D eigenvalue weighted by Gasteiger charge is -2.09. The van der Waals surface area contributed by atoms with E-state index in [1.165, 1.54) is 6.07 Å². The van der Waals surface area contributed by atoms with Crippen LogP contribution < -0.4 is 5.32 Å². The van der Waals surface area contributed by atoms with Crippen LogP contribution in [0.15, 0.2) is 34.8 Å². The van der Waals surface area contributed by atoms with Crippen molar-refractivity contribution in [3.05, 3.63) is 51.6 Å². The second kappa shape index (κ2) is 5.40. The number of rotatable bonds is 3. The van der Waals surface area contributed by atoms with Crippen LogP contribution >= 0.6 is 15.9 Å². The van der Waals surface area contributed by atoms with Gasteiger partial charge in [0.05, 0.1) is 5.56 Å². The zero-order valence-corrected chi connectivity index (χ0v) is 12.2. The summed E-state index contributed by atoms with van der Waals surface area (Å²) in [5.41, 5.74) is 2.85. The number of halogens is 1. The van der Waals surface area contributed by atoms with Crippen LogP contribution in [-0.2, 0) is 0 Å². The minimum absolute atomic E-state index is 0.224. The molecule has 2 N–H and O–H groups in total. The van der Waals surface area contributed by atoms with Gasteiger partial charge < -0.3 is 10.4 Å². The van der Waals surface area contributed by atoms with E-state index >= 15 is 0 Å². The quantitative estimate of drug-likeness (QED) is 0.900. The van der Waals surface area contributed by atoms with Gasteiger partial charge in [0, 0.05) is 15.9 Å². The van der Waals surface area contributed by atoms with Crippen molar-refractivity contribution in [2.24, 2.45) is 0 Å². The maximum absolute atomic E-state index is 11.0. The number of anilines is 2. The number of carboxylic acid groups (broad SMARTS) is 1. The van der Waals surface area contributed by atoms with Crippen LogP contribution in [0.4, 0.5) is 11.5 Å². The first-order chi connectivity index (χ1) is 8.94. The van der Waals surface area contributed by atoms with Crippen LogP contribution in [0.2, 0.25) is 0 Å². The monoisotopic (exact) mass is 320 g/mol. The molecular formula is C14H13BrN2O2. The molecule has 1 aromatic heterocycles. The first-order valence-electron chi connectivity index (χ1n) is 5.70. The zero-order valence-electron chi connectivity index (χ0n) is 10.6. The predicted molar refractivity (Wildman–Crippen MR) is 78.1 cm³/mol. The zero-order chi connectivity index (χ0) is 14.0. The molecule has 1 aromatic carbocycles. The van der Waals surface area contributed by atoms with Gasteiger partial charge in [-0.2, -0.15) is 0 Å². The molecule has 0 atom stereocenters. The molecule has 0 radical (unpaired) electrons. The SMILES string of the molecule is Cc1cc(Br)cc(Nc2cc(C(=O)O)cc(C)n2)c1. The van der Waals surface area contributed by atoms with Crippen molar-refractivity contribution in [1.29, 1.82) is 0 Å². The average molecular weight is 321 g/mol. The first kappa shape index (κ1) is 13.5. The lowest BCUT2D eigenvalue weighted by atomic mass is 10.2. The minimum atomic E-state index is -0.959. The van der Waals surface area contributed by atoms with Gasteiger partial charge in [0.25, 0.3) is 0 Å². The van der Waals surface area contributed by atoms with E-state index in [0.717, 1.165) is 15.7 Å². The fourth-order valence-corrected chi connectivity index (χ4v) is 2.42. The summed E-state index contributed by atoms with van der Waals surface area (Å²) in [6, 6.07) is 8.94. The van der Waals surface area contributed by atoms with Gasteiger partial charge in [0.2, 0.25) is 0 Å². The van der Waals surface area contributed by atoms with Crippen LogP contribution in [0.3, 0.4) is 0 Å². The third-order valence-corrected chi connectivity index (χ3v) is 2.97. The summed E-state index contributed by atoms with van der Waals surface area (Å²) in [6.07, 6.45) is 0. The van der Waals surface area contributed by atoms with Gasteiger partial charge in [-0.3, -0.25) is 0 Å². The Morgan fingerprint density at radius 3 is 2.58 bits per heavy atom. The number of pyridine rings is 1. The molecular weight excluding hydrogens is 308 g/mol. The molecule has 0 aliphatic rings. The maximum atomic E-state index is 11.0. The Balaban J connectivity index is 2.35. The molecule has 98 valence electrons. The molecule has 0 fully saturated rings. The standard InChI is InChI=1S/C14H13BrN2O2/c1-8-3-11(15)7-12(4-8)17-13-6-10(14(18)19)5-9(2)16-13/h3-7H,1-2H3,(H,16,17)(H,18,19). The lowest BCUT2D eigenvalue weighted by molar-refractivity contribution is 0.0696. The molecule has 0 unspecified atom stereocenters. The van der Waals surface area contributed by atoms with Crippen LogP contribution in [0.5, 0.6) is 0 Å². The van der Waals surface area contributed by atoms with Gasteiger partial charge in [-0.15, -0.1) is 0 Å². The molecule has 1 heterocycles. The highest BCUT2D eigenvalue weighted by Gasteiger charge is 2.07. The molecule has 5 heteroatoms. The molecule has 0 saturated heterocycles. The van der Waals surface area contributed by atoms with Crippen LogP contribution in [-0.4, -0.2) is 16.1 Å². The number of aromatic nitrogens is 1. The number of carboxylic acids is 1. The van der Waals surface area contributed by atoms with Gasteiger partial charge >= 0.3 is 5.97 Å². The normalized spacial score (nSPS) is 10.3. The van der Waals surface area contributed by atoms with E-state index in [1.54, 1.807) is 13.0 Å².